The van der Waals surface area contributed by atoms with Gasteiger partial charge in [0.1, 0.15) is 6.04 Å². The van der Waals surface area contributed by atoms with Crippen LogP contribution in [0.5, 0.6) is 0 Å². The molecule has 2 aromatic rings. The Morgan fingerprint density at radius 3 is 3.11 bits per heavy atom. The fourth-order valence-corrected chi connectivity index (χ4v) is 2.49. The van der Waals surface area contributed by atoms with Gasteiger partial charge in [-0.15, -0.1) is 11.8 Å². The van der Waals surface area contributed by atoms with E-state index in [0.29, 0.717) is 29.1 Å². The first kappa shape index (κ1) is 14.3. The second-order valence-electron chi connectivity index (χ2n) is 3.86. The van der Waals surface area contributed by atoms with E-state index in [1.165, 1.54) is 0 Å². The number of halogens is 1. The molecule has 1 aromatic carbocycles. The van der Waals surface area contributed by atoms with Gasteiger partial charge in [0.2, 0.25) is 5.89 Å². The second kappa shape index (κ2) is 6.91. The van der Waals surface area contributed by atoms with Crippen LogP contribution in [0.25, 0.3) is 0 Å². The van der Waals surface area contributed by atoms with E-state index in [1.807, 2.05) is 24.3 Å². The fourth-order valence-electron chi connectivity index (χ4n) is 1.43. The number of thioether (sulfide) groups is 1. The Hall–Kier alpha value is -1.08. The van der Waals surface area contributed by atoms with Crippen LogP contribution < -0.4 is 5.73 Å². The standard InChI is InChI=1S/C12H14ClN3O2S/c1-17-6-10(14)12-15-11(16-18-12)7-19-9-4-2-3-8(13)5-9/h2-5,10H,6-7,14H2,1H3. The van der Waals surface area contributed by atoms with E-state index in [2.05, 4.69) is 10.1 Å². The van der Waals surface area contributed by atoms with Crippen LogP contribution in [0.1, 0.15) is 17.8 Å². The fraction of sp³-hybridized carbons (Fsp3) is 0.333. The molecule has 5 nitrogen and oxygen atoms in total. The summed E-state index contributed by atoms with van der Waals surface area (Å²) in [6, 6.07) is 7.23. The molecular weight excluding hydrogens is 286 g/mol. The molecule has 0 radical (unpaired) electrons. The lowest BCUT2D eigenvalue weighted by Crippen LogP contribution is -2.16. The molecule has 1 atom stereocenters. The van der Waals surface area contributed by atoms with E-state index in [0.717, 1.165) is 4.90 Å². The van der Waals surface area contributed by atoms with Crippen molar-refractivity contribution in [2.45, 2.75) is 16.7 Å². The van der Waals surface area contributed by atoms with Crippen molar-refractivity contribution in [3.05, 3.63) is 41.0 Å². The van der Waals surface area contributed by atoms with Crippen molar-refractivity contribution in [1.29, 1.82) is 0 Å². The summed E-state index contributed by atoms with van der Waals surface area (Å²) in [5.41, 5.74) is 5.80. The van der Waals surface area contributed by atoms with Crippen molar-refractivity contribution in [2.75, 3.05) is 13.7 Å². The van der Waals surface area contributed by atoms with E-state index in [4.69, 9.17) is 26.6 Å². The third kappa shape index (κ3) is 4.21. The first-order valence-corrected chi connectivity index (χ1v) is 7.00. The molecule has 0 aliphatic heterocycles. The summed E-state index contributed by atoms with van der Waals surface area (Å²) in [5.74, 6) is 1.60. The molecule has 0 aliphatic rings. The van der Waals surface area contributed by atoms with Crippen LogP contribution in [0.4, 0.5) is 0 Å². The number of methoxy groups -OCH3 is 1. The van der Waals surface area contributed by atoms with Crippen molar-refractivity contribution >= 4 is 23.4 Å². The highest BCUT2D eigenvalue weighted by molar-refractivity contribution is 7.98. The van der Waals surface area contributed by atoms with Gasteiger partial charge in [-0.25, -0.2) is 0 Å². The van der Waals surface area contributed by atoms with Crippen molar-refractivity contribution < 1.29 is 9.26 Å². The highest BCUT2D eigenvalue weighted by Gasteiger charge is 2.14. The molecule has 0 fully saturated rings. The Balaban J connectivity index is 1.93. The van der Waals surface area contributed by atoms with Crippen LogP contribution in [0, 0.1) is 0 Å². The topological polar surface area (TPSA) is 74.2 Å². The van der Waals surface area contributed by atoms with Crippen LogP contribution in [-0.2, 0) is 10.5 Å². The lowest BCUT2D eigenvalue weighted by molar-refractivity contribution is 0.166. The number of hydrogen-bond donors (Lipinski definition) is 1. The minimum Gasteiger partial charge on any atom is -0.383 e. The van der Waals surface area contributed by atoms with Gasteiger partial charge in [0.25, 0.3) is 0 Å². The zero-order valence-corrected chi connectivity index (χ0v) is 11.9. The number of aromatic nitrogens is 2. The van der Waals surface area contributed by atoms with Crippen LogP contribution in [-0.4, -0.2) is 23.9 Å². The van der Waals surface area contributed by atoms with Gasteiger partial charge < -0.3 is 15.0 Å². The third-order valence-corrected chi connectivity index (χ3v) is 3.54. The maximum absolute atomic E-state index is 5.91. The molecule has 1 heterocycles. The van der Waals surface area contributed by atoms with E-state index >= 15 is 0 Å². The highest BCUT2D eigenvalue weighted by Crippen LogP contribution is 2.24. The monoisotopic (exact) mass is 299 g/mol. The molecule has 2 rings (SSSR count). The van der Waals surface area contributed by atoms with Gasteiger partial charge in [-0.1, -0.05) is 22.8 Å². The van der Waals surface area contributed by atoms with Crippen LogP contribution in [0.2, 0.25) is 5.02 Å². The van der Waals surface area contributed by atoms with Crippen LogP contribution in [0.3, 0.4) is 0 Å². The first-order valence-electron chi connectivity index (χ1n) is 5.64. The van der Waals surface area contributed by atoms with Crippen molar-refractivity contribution in [1.82, 2.24) is 10.1 Å². The maximum Gasteiger partial charge on any atom is 0.245 e. The lowest BCUT2D eigenvalue weighted by Gasteiger charge is -2.02. The summed E-state index contributed by atoms with van der Waals surface area (Å²) >= 11 is 7.50. The summed E-state index contributed by atoms with van der Waals surface area (Å²) in [4.78, 5) is 5.29. The predicted molar refractivity (Wildman–Crippen MR) is 74.1 cm³/mol. The molecule has 2 N–H and O–H groups in total. The normalized spacial score (nSPS) is 12.6. The van der Waals surface area contributed by atoms with Gasteiger partial charge >= 0.3 is 0 Å². The predicted octanol–water partition coefficient (Wildman–Crippen LogP) is 2.66. The summed E-state index contributed by atoms with van der Waals surface area (Å²) in [5, 5.41) is 4.59. The van der Waals surface area contributed by atoms with Crippen LogP contribution >= 0.6 is 23.4 Å². The number of hydrogen-bond acceptors (Lipinski definition) is 6. The smallest absolute Gasteiger partial charge is 0.245 e. The minimum absolute atomic E-state index is 0.350. The number of ether oxygens (including phenoxy) is 1. The Morgan fingerprint density at radius 2 is 2.37 bits per heavy atom. The molecule has 0 amide bonds. The number of nitrogens with zero attached hydrogens (tertiary/aromatic N) is 2. The summed E-state index contributed by atoms with van der Waals surface area (Å²) < 4.78 is 10.0. The zero-order chi connectivity index (χ0) is 13.7. The van der Waals surface area contributed by atoms with Gasteiger partial charge in [-0.2, -0.15) is 4.98 Å². The maximum atomic E-state index is 5.91. The molecule has 1 aromatic heterocycles. The molecule has 0 spiro atoms. The Morgan fingerprint density at radius 1 is 1.53 bits per heavy atom. The SMILES string of the molecule is COCC(N)c1nc(CSc2cccc(Cl)c2)no1. The molecule has 19 heavy (non-hydrogen) atoms. The summed E-state index contributed by atoms with van der Waals surface area (Å²) in [7, 11) is 1.58. The number of nitrogens with two attached hydrogens (primary N) is 1. The zero-order valence-electron chi connectivity index (χ0n) is 10.4. The van der Waals surface area contributed by atoms with E-state index in [-0.39, 0.29) is 6.04 Å². The van der Waals surface area contributed by atoms with Gasteiger partial charge in [0, 0.05) is 17.0 Å². The molecular formula is C12H14ClN3O2S. The van der Waals surface area contributed by atoms with Gasteiger partial charge in [-0.05, 0) is 18.2 Å². The lowest BCUT2D eigenvalue weighted by atomic mass is 10.3. The molecule has 0 saturated heterocycles. The van der Waals surface area contributed by atoms with Gasteiger partial charge in [0.05, 0.1) is 12.4 Å². The van der Waals surface area contributed by atoms with Crippen molar-refractivity contribution in [3.8, 4) is 0 Å². The molecule has 0 aliphatic carbocycles. The Labute approximate surface area is 120 Å². The van der Waals surface area contributed by atoms with Crippen molar-refractivity contribution in [2.24, 2.45) is 5.73 Å². The minimum atomic E-state index is -0.387. The van der Waals surface area contributed by atoms with Gasteiger partial charge in [-0.3, -0.25) is 0 Å². The average molecular weight is 300 g/mol. The molecule has 0 bridgehead atoms. The average Bonchev–Trinajstić information content (AvgIpc) is 2.86. The van der Waals surface area contributed by atoms with E-state index in [9.17, 15) is 0 Å². The van der Waals surface area contributed by atoms with Crippen molar-refractivity contribution in [3.63, 3.8) is 0 Å². The highest BCUT2D eigenvalue weighted by atomic mass is 35.5. The van der Waals surface area contributed by atoms with Gasteiger partial charge in [0.15, 0.2) is 5.82 Å². The van der Waals surface area contributed by atoms with Crippen LogP contribution in [0.15, 0.2) is 33.7 Å². The second-order valence-corrected chi connectivity index (χ2v) is 5.34. The molecule has 0 saturated carbocycles. The molecule has 102 valence electrons. The largest absolute Gasteiger partial charge is 0.383 e. The summed E-state index contributed by atoms with van der Waals surface area (Å²) in [6.07, 6.45) is 0. The Bertz CT molecular complexity index is 535. The Kier molecular flexibility index (Phi) is 5.21. The third-order valence-electron chi connectivity index (χ3n) is 2.31. The van der Waals surface area contributed by atoms with E-state index < -0.39 is 0 Å². The summed E-state index contributed by atoms with van der Waals surface area (Å²) in [6.45, 7) is 0.350. The quantitative estimate of drug-likeness (QED) is 0.827. The first-order chi connectivity index (χ1) is 9.19. The number of benzene rings is 1. The number of rotatable bonds is 6. The molecule has 7 heteroatoms. The van der Waals surface area contributed by atoms with E-state index in [1.54, 1.807) is 18.9 Å². The molecule has 1 unspecified atom stereocenters.